The molecule has 0 N–H and O–H groups in total. The predicted octanol–water partition coefficient (Wildman–Crippen LogP) is 6.00. The number of hydrogen-bond donors (Lipinski definition) is 0. The molecule has 1 aliphatic rings. The molecular weight excluding hydrogens is 545 g/mol. The highest BCUT2D eigenvalue weighted by atomic mass is 35.5. The highest BCUT2D eigenvalue weighted by Gasteiger charge is 2.29. The smallest absolute Gasteiger partial charge is 0.254 e. The number of carbonyl (C=O) groups is 2. The zero-order valence-electron chi connectivity index (χ0n) is 22.1. The van der Waals surface area contributed by atoms with Gasteiger partial charge in [-0.15, -0.1) is 10.2 Å². The summed E-state index contributed by atoms with van der Waals surface area (Å²) in [6, 6.07) is 27.7. The minimum Gasteiger partial charge on any atom is -0.352 e. The molecule has 9 heteroatoms. The average molecular weight is 575 g/mol. The lowest BCUT2D eigenvalue weighted by Gasteiger charge is -2.37. The lowest BCUT2D eigenvalue weighted by molar-refractivity contribution is -0.132. The third-order valence-electron chi connectivity index (χ3n) is 7.15. The molecule has 7 nitrogen and oxygen atoms in total. The van der Waals surface area contributed by atoms with Crippen LogP contribution in [0.3, 0.4) is 0 Å². The second-order valence-electron chi connectivity index (χ2n) is 9.65. The number of nitrogens with zero attached hydrogens (tertiary/aromatic N) is 5. The molecule has 1 aliphatic heterocycles. The van der Waals surface area contributed by atoms with E-state index in [0.29, 0.717) is 47.5 Å². The van der Waals surface area contributed by atoms with Gasteiger partial charge in [-0.3, -0.25) is 9.59 Å². The Labute approximate surface area is 243 Å². The van der Waals surface area contributed by atoms with Crippen LogP contribution in [-0.4, -0.2) is 64.5 Å². The van der Waals surface area contributed by atoms with Gasteiger partial charge in [-0.2, -0.15) is 0 Å². The number of halogens is 2. The number of amides is 2. The normalized spacial score (nSPS) is 14.1. The summed E-state index contributed by atoms with van der Waals surface area (Å²) in [6.07, 6.45) is 0. The van der Waals surface area contributed by atoms with E-state index in [1.54, 1.807) is 29.2 Å². The fourth-order valence-electron chi connectivity index (χ4n) is 4.81. The third kappa shape index (κ3) is 6.27. The first kappa shape index (κ1) is 27.6. The van der Waals surface area contributed by atoms with Crippen molar-refractivity contribution in [1.82, 2.24) is 20.0 Å². The highest BCUT2D eigenvalue weighted by molar-refractivity contribution is 6.36. The van der Waals surface area contributed by atoms with Crippen molar-refractivity contribution in [1.29, 1.82) is 0 Å². The first-order chi connectivity index (χ1) is 19.4. The average Bonchev–Trinajstić information content (AvgIpc) is 3.00. The molecule has 0 spiro atoms. The minimum atomic E-state index is -0.262. The topological polar surface area (TPSA) is 69.6 Å². The van der Waals surface area contributed by atoms with Crippen LogP contribution < -0.4 is 4.90 Å². The molecular formula is C31H29Cl2N5O2. The van der Waals surface area contributed by atoms with Crippen LogP contribution in [0.1, 0.15) is 28.9 Å². The van der Waals surface area contributed by atoms with E-state index in [1.807, 2.05) is 78.6 Å². The maximum atomic E-state index is 13.5. The van der Waals surface area contributed by atoms with Crippen molar-refractivity contribution < 1.29 is 9.59 Å². The molecule has 0 bridgehead atoms. The van der Waals surface area contributed by atoms with Crippen LogP contribution in [0, 0.1) is 0 Å². The van der Waals surface area contributed by atoms with E-state index in [0.717, 1.165) is 16.9 Å². The van der Waals surface area contributed by atoms with Crippen molar-refractivity contribution in [2.45, 2.75) is 13.0 Å². The number of rotatable bonds is 7. The molecule has 5 rings (SSSR count). The van der Waals surface area contributed by atoms with Crippen molar-refractivity contribution >= 4 is 40.8 Å². The Kier molecular flexibility index (Phi) is 8.63. The summed E-state index contributed by atoms with van der Waals surface area (Å²) in [5.41, 5.74) is 2.96. The van der Waals surface area contributed by atoms with Gasteiger partial charge in [0.15, 0.2) is 5.82 Å². The molecule has 40 heavy (non-hydrogen) atoms. The summed E-state index contributed by atoms with van der Waals surface area (Å²) in [5, 5.41) is 9.84. The van der Waals surface area contributed by atoms with Gasteiger partial charge in [-0.1, -0.05) is 71.7 Å². The molecule has 1 unspecified atom stereocenters. The lowest BCUT2D eigenvalue weighted by Crippen LogP contribution is -2.52. The Hall–Kier alpha value is -3.94. The van der Waals surface area contributed by atoms with Gasteiger partial charge in [0, 0.05) is 42.3 Å². The lowest BCUT2D eigenvalue weighted by atomic mass is 10.1. The van der Waals surface area contributed by atoms with Gasteiger partial charge in [0.2, 0.25) is 5.91 Å². The van der Waals surface area contributed by atoms with E-state index in [9.17, 15) is 9.59 Å². The van der Waals surface area contributed by atoms with Crippen LogP contribution in [0.25, 0.3) is 11.3 Å². The molecule has 1 atom stereocenters. The summed E-state index contributed by atoms with van der Waals surface area (Å²) in [5.74, 6) is 0.491. The van der Waals surface area contributed by atoms with Crippen LogP contribution in [0.5, 0.6) is 0 Å². The second-order valence-corrected chi connectivity index (χ2v) is 10.5. The summed E-state index contributed by atoms with van der Waals surface area (Å²) < 4.78 is 0. The Morgan fingerprint density at radius 1 is 0.850 bits per heavy atom. The minimum absolute atomic E-state index is 0.000142. The molecule has 2 amide bonds. The van der Waals surface area contributed by atoms with Crippen LogP contribution in [0.15, 0.2) is 91.0 Å². The number of piperazine rings is 1. The molecule has 2 heterocycles. The van der Waals surface area contributed by atoms with E-state index in [4.69, 9.17) is 23.2 Å². The molecule has 3 aromatic carbocycles. The number of anilines is 1. The first-order valence-corrected chi connectivity index (χ1v) is 13.9. The van der Waals surface area contributed by atoms with Gasteiger partial charge < -0.3 is 14.7 Å². The highest BCUT2D eigenvalue weighted by Crippen LogP contribution is 2.29. The Balaban J connectivity index is 1.24. The summed E-state index contributed by atoms with van der Waals surface area (Å²) in [4.78, 5) is 32.5. The van der Waals surface area contributed by atoms with Gasteiger partial charge in [0.25, 0.3) is 5.91 Å². The van der Waals surface area contributed by atoms with Crippen molar-refractivity contribution in [3.8, 4) is 11.3 Å². The van der Waals surface area contributed by atoms with E-state index in [-0.39, 0.29) is 24.4 Å². The Morgan fingerprint density at radius 3 is 2.15 bits per heavy atom. The number of carbonyl (C=O) groups excluding carboxylic acids is 2. The second kappa shape index (κ2) is 12.5. The molecule has 1 fully saturated rings. The quantitative estimate of drug-likeness (QED) is 0.271. The zero-order valence-corrected chi connectivity index (χ0v) is 23.6. The summed E-state index contributed by atoms with van der Waals surface area (Å²) >= 11 is 12.3. The van der Waals surface area contributed by atoms with Crippen LogP contribution in [0.4, 0.5) is 5.82 Å². The third-order valence-corrected chi connectivity index (χ3v) is 7.70. The predicted molar refractivity (Wildman–Crippen MR) is 159 cm³/mol. The first-order valence-electron chi connectivity index (χ1n) is 13.1. The maximum Gasteiger partial charge on any atom is 0.254 e. The molecule has 1 aromatic heterocycles. The molecule has 1 saturated heterocycles. The van der Waals surface area contributed by atoms with E-state index < -0.39 is 0 Å². The van der Waals surface area contributed by atoms with Gasteiger partial charge in [-0.25, -0.2) is 0 Å². The SMILES string of the molecule is CC(c1ccccc1)N(CC(=O)N1CCN(c2ccc(-c3ccc(Cl)cc3Cl)nn2)CC1)C(=O)c1ccccc1. The molecule has 4 aromatic rings. The van der Waals surface area contributed by atoms with Crippen LogP contribution in [-0.2, 0) is 4.79 Å². The maximum absolute atomic E-state index is 13.5. The van der Waals surface area contributed by atoms with Crippen molar-refractivity contribution in [3.63, 3.8) is 0 Å². The van der Waals surface area contributed by atoms with Crippen molar-refractivity contribution in [3.05, 3.63) is 112 Å². The summed E-state index contributed by atoms with van der Waals surface area (Å²) in [6.45, 7) is 4.24. The van der Waals surface area contributed by atoms with Crippen LogP contribution in [0.2, 0.25) is 10.0 Å². The van der Waals surface area contributed by atoms with E-state index in [2.05, 4.69) is 15.1 Å². The zero-order chi connectivity index (χ0) is 28.1. The monoisotopic (exact) mass is 573 g/mol. The van der Waals surface area contributed by atoms with Gasteiger partial charge in [0.1, 0.15) is 6.54 Å². The fourth-order valence-corrected chi connectivity index (χ4v) is 5.31. The fraction of sp³-hybridized carbons (Fsp3) is 0.226. The standard InChI is InChI=1S/C31H29Cl2N5O2/c1-22(23-8-4-2-5-9-23)38(31(40)24-10-6-3-7-11-24)21-30(39)37-18-16-36(17-19-37)29-15-14-28(34-35-29)26-13-12-25(32)20-27(26)33/h2-15,20,22H,16-19,21H2,1H3. The molecule has 0 saturated carbocycles. The molecule has 0 aliphatic carbocycles. The molecule has 0 radical (unpaired) electrons. The number of hydrogen-bond acceptors (Lipinski definition) is 5. The van der Waals surface area contributed by atoms with Crippen LogP contribution >= 0.6 is 23.2 Å². The van der Waals surface area contributed by atoms with Crippen molar-refractivity contribution in [2.75, 3.05) is 37.6 Å². The van der Waals surface area contributed by atoms with E-state index in [1.165, 1.54) is 0 Å². The van der Waals surface area contributed by atoms with Crippen molar-refractivity contribution in [2.24, 2.45) is 0 Å². The Bertz CT molecular complexity index is 1460. The van der Waals surface area contributed by atoms with Gasteiger partial charge >= 0.3 is 0 Å². The van der Waals surface area contributed by atoms with Gasteiger partial charge in [0.05, 0.1) is 16.8 Å². The number of aromatic nitrogens is 2. The molecule has 204 valence electrons. The van der Waals surface area contributed by atoms with E-state index >= 15 is 0 Å². The Morgan fingerprint density at radius 2 is 1.52 bits per heavy atom. The summed E-state index contributed by atoms with van der Waals surface area (Å²) in [7, 11) is 0. The largest absolute Gasteiger partial charge is 0.352 e. The number of benzene rings is 3. The van der Waals surface area contributed by atoms with Gasteiger partial charge in [-0.05, 0) is 55.0 Å².